The molecule has 1 aliphatic carbocycles. The van der Waals surface area contributed by atoms with Crippen LogP contribution in [0.4, 0.5) is 0 Å². The highest BCUT2D eigenvalue weighted by Gasteiger charge is 2.26. The summed E-state index contributed by atoms with van der Waals surface area (Å²) in [5.74, 6) is 1.44. The van der Waals surface area contributed by atoms with Crippen LogP contribution >= 0.6 is 0 Å². The lowest BCUT2D eigenvalue weighted by molar-refractivity contribution is 0.460. The average molecular weight is 214 g/mol. The van der Waals surface area contributed by atoms with E-state index in [-0.39, 0.29) is 0 Å². The van der Waals surface area contributed by atoms with E-state index in [1.54, 1.807) is 6.33 Å². The van der Waals surface area contributed by atoms with Crippen molar-refractivity contribution < 1.29 is 0 Å². The molecule has 4 nitrogen and oxygen atoms in total. The van der Waals surface area contributed by atoms with Crippen LogP contribution < -0.4 is 5.73 Å². The van der Waals surface area contributed by atoms with Gasteiger partial charge < -0.3 is 5.73 Å². The third-order valence-electron chi connectivity index (χ3n) is 3.23. The van der Waals surface area contributed by atoms with Crippen LogP contribution in [0.3, 0.4) is 0 Å². The summed E-state index contributed by atoms with van der Waals surface area (Å²) in [5.41, 5.74) is 8.51. The van der Waals surface area contributed by atoms with Crippen LogP contribution in [0.25, 0.3) is 0 Å². The Kier molecular flexibility index (Phi) is 2.22. The fourth-order valence-corrected chi connectivity index (χ4v) is 2.33. The third-order valence-corrected chi connectivity index (χ3v) is 3.23. The molecule has 3 rings (SSSR count). The number of hydrogen-bond acceptors (Lipinski definition) is 3. The summed E-state index contributed by atoms with van der Waals surface area (Å²) in [6.45, 7) is 1.35. The highest BCUT2D eigenvalue weighted by molar-refractivity contribution is 5.39. The first-order valence-corrected chi connectivity index (χ1v) is 5.53. The normalized spacial score (nSPS) is 17.9. The van der Waals surface area contributed by atoms with Gasteiger partial charge in [-0.05, 0) is 17.5 Å². The molecule has 1 aliphatic rings. The number of benzene rings is 1. The number of rotatable bonds is 3. The zero-order valence-corrected chi connectivity index (χ0v) is 9.00. The minimum absolute atomic E-state index is 0.453. The van der Waals surface area contributed by atoms with Crippen molar-refractivity contribution in [1.82, 2.24) is 14.8 Å². The lowest BCUT2D eigenvalue weighted by atomic mass is 9.78. The van der Waals surface area contributed by atoms with Crippen LogP contribution in [-0.2, 0) is 19.5 Å². The molecule has 1 aromatic carbocycles. The molecular formula is C12H14N4. The van der Waals surface area contributed by atoms with Crippen LogP contribution in [0.5, 0.6) is 0 Å². The monoisotopic (exact) mass is 214 g/mol. The Balaban J connectivity index is 1.79. The zero-order valence-electron chi connectivity index (χ0n) is 9.00. The summed E-state index contributed by atoms with van der Waals surface area (Å²) < 4.78 is 1.92. The Morgan fingerprint density at radius 1 is 1.38 bits per heavy atom. The molecule has 1 aromatic heterocycles. The largest absolute Gasteiger partial charge is 0.324 e. The number of nitrogens with zero attached hydrogens (tertiary/aromatic N) is 3. The van der Waals surface area contributed by atoms with Gasteiger partial charge in [-0.3, -0.25) is 0 Å². The SMILES string of the molecule is NCc1ncnn1CC1Cc2ccccc21. The molecule has 0 fully saturated rings. The quantitative estimate of drug-likeness (QED) is 0.831. The maximum Gasteiger partial charge on any atom is 0.140 e. The molecule has 1 heterocycles. The second kappa shape index (κ2) is 3.72. The summed E-state index contributed by atoms with van der Waals surface area (Å²) in [6, 6.07) is 8.57. The zero-order chi connectivity index (χ0) is 11.0. The molecule has 0 saturated carbocycles. The van der Waals surface area contributed by atoms with Crippen molar-refractivity contribution in [3.8, 4) is 0 Å². The van der Waals surface area contributed by atoms with Crippen molar-refractivity contribution in [2.24, 2.45) is 5.73 Å². The lowest BCUT2D eigenvalue weighted by Gasteiger charge is -2.30. The molecule has 16 heavy (non-hydrogen) atoms. The predicted octanol–water partition coefficient (Wildman–Crippen LogP) is 1.08. The Hall–Kier alpha value is -1.68. The van der Waals surface area contributed by atoms with E-state index in [9.17, 15) is 0 Å². The topological polar surface area (TPSA) is 56.7 Å². The third kappa shape index (κ3) is 1.42. The van der Waals surface area contributed by atoms with Crippen molar-refractivity contribution in [3.63, 3.8) is 0 Å². The van der Waals surface area contributed by atoms with E-state index in [1.165, 1.54) is 11.1 Å². The molecule has 4 heteroatoms. The van der Waals surface area contributed by atoms with E-state index in [2.05, 4.69) is 34.3 Å². The second-order valence-electron chi connectivity index (χ2n) is 4.16. The highest BCUT2D eigenvalue weighted by atomic mass is 15.3. The van der Waals surface area contributed by atoms with Gasteiger partial charge >= 0.3 is 0 Å². The lowest BCUT2D eigenvalue weighted by Crippen LogP contribution is -2.24. The molecular weight excluding hydrogens is 200 g/mol. The Morgan fingerprint density at radius 3 is 3.06 bits per heavy atom. The van der Waals surface area contributed by atoms with Crippen molar-refractivity contribution in [1.29, 1.82) is 0 Å². The van der Waals surface area contributed by atoms with Gasteiger partial charge in [0.2, 0.25) is 0 Å². The fourth-order valence-electron chi connectivity index (χ4n) is 2.33. The molecule has 2 N–H and O–H groups in total. The first kappa shape index (κ1) is 9.54. The molecule has 2 aromatic rings. The van der Waals surface area contributed by atoms with Crippen molar-refractivity contribution in [3.05, 3.63) is 47.5 Å². The summed E-state index contributed by atoms with van der Waals surface area (Å²) in [5, 5.41) is 4.21. The van der Waals surface area contributed by atoms with E-state index in [4.69, 9.17) is 5.73 Å². The van der Waals surface area contributed by atoms with Crippen molar-refractivity contribution in [2.75, 3.05) is 0 Å². The van der Waals surface area contributed by atoms with Gasteiger partial charge in [0.15, 0.2) is 0 Å². The average Bonchev–Trinajstić information content (AvgIpc) is 2.73. The molecule has 0 aliphatic heterocycles. The maximum atomic E-state index is 5.60. The number of hydrogen-bond donors (Lipinski definition) is 1. The van der Waals surface area contributed by atoms with Crippen molar-refractivity contribution >= 4 is 0 Å². The number of fused-ring (bicyclic) bond motifs is 1. The summed E-state index contributed by atoms with van der Waals surface area (Å²) in [6.07, 6.45) is 2.72. The van der Waals surface area contributed by atoms with Crippen molar-refractivity contribution in [2.45, 2.75) is 25.4 Å². The maximum absolute atomic E-state index is 5.60. The Labute approximate surface area is 94.1 Å². The summed E-state index contributed by atoms with van der Waals surface area (Å²) in [7, 11) is 0. The summed E-state index contributed by atoms with van der Waals surface area (Å²) >= 11 is 0. The van der Waals surface area contributed by atoms with Crippen LogP contribution in [0, 0.1) is 0 Å². The van der Waals surface area contributed by atoms with Gasteiger partial charge in [0, 0.05) is 5.92 Å². The van der Waals surface area contributed by atoms with Gasteiger partial charge in [0.05, 0.1) is 13.1 Å². The van der Waals surface area contributed by atoms with Crippen LogP contribution in [0.15, 0.2) is 30.6 Å². The summed E-state index contributed by atoms with van der Waals surface area (Å²) in [4.78, 5) is 4.13. The van der Waals surface area contributed by atoms with Gasteiger partial charge in [-0.2, -0.15) is 5.10 Å². The van der Waals surface area contributed by atoms with E-state index in [0.717, 1.165) is 18.8 Å². The molecule has 0 bridgehead atoms. The second-order valence-corrected chi connectivity index (χ2v) is 4.16. The van der Waals surface area contributed by atoms with Gasteiger partial charge in [-0.25, -0.2) is 9.67 Å². The standard InChI is InChI=1S/C12H14N4/c13-6-12-14-8-15-16(12)7-10-5-9-3-1-2-4-11(9)10/h1-4,8,10H,5-7,13H2. The fraction of sp³-hybridized carbons (Fsp3) is 0.333. The number of nitrogens with two attached hydrogens (primary N) is 1. The Bertz CT molecular complexity index is 503. The minimum atomic E-state index is 0.453. The van der Waals surface area contributed by atoms with E-state index >= 15 is 0 Å². The van der Waals surface area contributed by atoms with Gasteiger partial charge in [-0.1, -0.05) is 24.3 Å². The molecule has 0 spiro atoms. The molecule has 82 valence electrons. The highest BCUT2D eigenvalue weighted by Crippen LogP contribution is 2.35. The van der Waals surface area contributed by atoms with E-state index in [1.807, 2.05) is 4.68 Å². The Morgan fingerprint density at radius 2 is 2.25 bits per heavy atom. The first-order chi connectivity index (χ1) is 7.88. The van der Waals surface area contributed by atoms with E-state index in [0.29, 0.717) is 12.5 Å². The first-order valence-electron chi connectivity index (χ1n) is 5.53. The molecule has 0 radical (unpaired) electrons. The molecule has 0 saturated heterocycles. The smallest absolute Gasteiger partial charge is 0.140 e. The van der Waals surface area contributed by atoms with Crippen LogP contribution in [0.2, 0.25) is 0 Å². The van der Waals surface area contributed by atoms with Crippen LogP contribution in [0.1, 0.15) is 22.9 Å². The minimum Gasteiger partial charge on any atom is -0.324 e. The van der Waals surface area contributed by atoms with Gasteiger partial charge in [0.1, 0.15) is 12.2 Å². The number of aromatic nitrogens is 3. The molecule has 1 atom stereocenters. The van der Waals surface area contributed by atoms with Crippen LogP contribution in [-0.4, -0.2) is 14.8 Å². The van der Waals surface area contributed by atoms with Gasteiger partial charge in [0.25, 0.3) is 0 Å². The van der Waals surface area contributed by atoms with Gasteiger partial charge in [-0.15, -0.1) is 0 Å². The predicted molar refractivity (Wildman–Crippen MR) is 60.8 cm³/mol. The van der Waals surface area contributed by atoms with E-state index < -0.39 is 0 Å². The molecule has 1 unspecified atom stereocenters. The molecule has 0 amide bonds.